The first-order chi connectivity index (χ1) is 10.5. The monoisotopic (exact) mass is 387 g/mol. The second-order valence-corrected chi connectivity index (χ2v) is 7.13. The summed E-state index contributed by atoms with van der Waals surface area (Å²) in [6.07, 6.45) is 0. The molecule has 0 atom stereocenters. The van der Waals surface area contributed by atoms with E-state index in [-0.39, 0.29) is 10.6 Å². The fourth-order valence-electron chi connectivity index (χ4n) is 1.97. The summed E-state index contributed by atoms with van der Waals surface area (Å²) in [5.74, 6) is 0.168. The Morgan fingerprint density at radius 2 is 1.77 bits per heavy atom. The number of halogens is 2. The molecule has 1 heterocycles. The zero-order valence-electron chi connectivity index (χ0n) is 11.2. The molecule has 0 fully saturated rings. The summed E-state index contributed by atoms with van der Waals surface area (Å²) in [5, 5.41) is 0. The first-order valence-corrected chi connectivity index (χ1v) is 8.61. The van der Waals surface area contributed by atoms with Crippen molar-refractivity contribution < 1.29 is 22.3 Å². The Bertz CT molecular complexity index is 826. The molecule has 1 aliphatic heterocycles. The summed E-state index contributed by atoms with van der Waals surface area (Å²) >= 11 is 3.11. The fraction of sp³-hybridized carbons (Fsp3) is 0.143. The fourth-order valence-corrected chi connectivity index (χ4v) is 3.38. The van der Waals surface area contributed by atoms with Crippen LogP contribution in [0.4, 0.5) is 10.1 Å². The molecule has 0 radical (unpaired) electrons. The van der Waals surface area contributed by atoms with Gasteiger partial charge < -0.3 is 9.47 Å². The van der Waals surface area contributed by atoms with E-state index < -0.39 is 15.8 Å². The van der Waals surface area contributed by atoms with Gasteiger partial charge in [0.15, 0.2) is 11.5 Å². The largest absolute Gasteiger partial charge is 0.486 e. The van der Waals surface area contributed by atoms with Crippen LogP contribution in [-0.2, 0) is 10.0 Å². The molecule has 8 heteroatoms. The highest BCUT2D eigenvalue weighted by atomic mass is 79.9. The van der Waals surface area contributed by atoms with E-state index in [0.29, 0.717) is 29.2 Å². The summed E-state index contributed by atoms with van der Waals surface area (Å²) in [6, 6.07) is 8.32. The van der Waals surface area contributed by atoms with Gasteiger partial charge in [-0.3, -0.25) is 4.72 Å². The molecular weight excluding hydrogens is 377 g/mol. The van der Waals surface area contributed by atoms with Crippen molar-refractivity contribution in [1.29, 1.82) is 0 Å². The maximum absolute atomic E-state index is 13.8. The van der Waals surface area contributed by atoms with Crippen LogP contribution in [0.1, 0.15) is 0 Å². The summed E-state index contributed by atoms with van der Waals surface area (Å²) in [7, 11) is -3.92. The summed E-state index contributed by atoms with van der Waals surface area (Å²) < 4.78 is 51.9. The molecule has 0 unspecified atom stereocenters. The lowest BCUT2D eigenvalue weighted by molar-refractivity contribution is 0.171. The molecule has 0 aliphatic carbocycles. The zero-order chi connectivity index (χ0) is 15.7. The highest BCUT2D eigenvalue weighted by Crippen LogP contribution is 2.33. The third kappa shape index (κ3) is 3.02. The normalized spacial score (nSPS) is 13.7. The lowest BCUT2D eigenvalue weighted by atomic mass is 10.3. The third-order valence-corrected chi connectivity index (χ3v) is 4.86. The number of anilines is 1. The van der Waals surface area contributed by atoms with Gasteiger partial charge in [-0.05, 0) is 30.3 Å². The molecule has 3 rings (SSSR count). The van der Waals surface area contributed by atoms with Gasteiger partial charge in [0.2, 0.25) is 0 Å². The third-order valence-electron chi connectivity index (χ3n) is 3.00. The van der Waals surface area contributed by atoms with E-state index in [1.807, 2.05) is 0 Å². The highest BCUT2D eigenvalue weighted by Gasteiger charge is 2.20. The smallest absolute Gasteiger partial charge is 0.262 e. The summed E-state index contributed by atoms with van der Waals surface area (Å²) in [4.78, 5) is -0.0286. The number of ether oxygens (including phenoxy) is 2. The molecule has 0 spiro atoms. The van der Waals surface area contributed by atoms with Gasteiger partial charge in [0.25, 0.3) is 10.0 Å². The van der Waals surface area contributed by atoms with Gasteiger partial charge in [-0.2, -0.15) is 0 Å². The van der Waals surface area contributed by atoms with Crippen molar-refractivity contribution in [2.24, 2.45) is 0 Å². The first-order valence-electron chi connectivity index (χ1n) is 6.33. The number of benzene rings is 2. The van der Waals surface area contributed by atoms with Crippen molar-refractivity contribution in [3.05, 3.63) is 46.7 Å². The Kier molecular flexibility index (Phi) is 3.96. The molecule has 0 saturated heterocycles. The Hall–Kier alpha value is -1.80. The average molecular weight is 388 g/mol. The molecule has 0 aromatic heterocycles. The van der Waals surface area contributed by atoms with Crippen LogP contribution in [0.2, 0.25) is 0 Å². The minimum absolute atomic E-state index is 0.0286. The van der Waals surface area contributed by atoms with Crippen molar-refractivity contribution in [3.8, 4) is 11.5 Å². The van der Waals surface area contributed by atoms with Crippen LogP contribution < -0.4 is 14.2 Å². The molecule has 2 aromatic rings. The van der Waals surface area contributed by atoms with Crippen LogP contribution >= 0.6 is 15.9 Å². The van der Waals surface area contributed by atoms with Crippen molar-refractivity contribution in [1.82, 2.24) is 0 Å². The molecular formula is C14H11BrFNO4S. The zero-order valence-corrected chi connectivity index (χ0v) is 13.6. The Balaban J connectivity index is 1.92. The minimum Gasteiger partial charge on any atom is -0.486 e. The predicted octanol–water partition coefficient (Wildman–Crippen LogP) is 3.16. The molecule has 0 bridgehead atoms. The molecule has 1 N–H and O–H groups in total. The van der Waals surface area contributed by atoms with Crippen LogP contribution in [-0.4, -0.2) is 21.6 Å². The average Bonchev–Trinajstić information content (AvgIpc) is 2.49. The maximum atomic E-state index is 13.8. The van der Waals surface area contributed by atoms with Gasteiger partial charge in [-0.15, -0.1) is 0 Å². The first kappa shape index (κ1) is 15.1. The van der Waals surface area contributed by atoms with Gasteiger partial charge in [0, 0.05) is 10.5 Å². The standard InChI is InChI=1S/C14H11BrFNO4S/c15-9-1-3-12(11(16)7-9)17-22(18,19)10-2-4-13-14(8-10)21-6-5-20-13/h1-4,7-8,17H,5-6H2. The minimum atomic E-state index is -3.92. The van der Waals surface area contributed by atoms with E-state index in [1.54, 1.807) is 6.07 Å². The van der Waals surface area contributed by atoms with Gasteiger partial charge in [0.05, 0.1) is 10.6 Å². The summed E-state index contributed by atoms with van der Waals surface area (Å²) in [6.45, 7) is 0.771. The Morgan fingerprint density at radius 3 is 2.50 bits per heavy atom. The van der Waals surface area contributed by atoms with Crippen molar-refractivity contribution in [3.63, 3.8) is 0 Å². The number of nitrogens with one attached hydrogen (secondary N) is 1. The topological polar surface area (TPSA) is 64.6 Å². The van der Waals surface area contributed by atoms with Crippen molar-refractivity contribution in [2.45, 2.75) is 4.90 Å². The molecule has 0 amide bonds. The maximum Gasteiger partial charge on any atom is 0.262 e. The SMILES string of the molecule is O=S(=O)(Nc1ccc(Br)cc1F)c1ccc2c(c1)OCCO2. The molecule has 22 heavy (non-hydrogen) atoms. The van der Waals surface area contributed by atoms with E-state index >= 15 is 0 Å². The predicted molar refractivity (Wildman–Crippen MR) is 82.3 cm³/mol. The van der Waals surface area contributed by atoms with Gasteiger partial charge >= 0.3 is 0 Å². The number of hydrogen-bond acceptors (Lipinski definition) is 4. The second-order valence-electron chi connectivity index (χ2n) is 4.54. The van der Waals surface area contributed by atoms with Crippen molar-refractivity contribution in [2.75, 3.05) is 17.9 Å². The molecule has 1 aliphatic rings. The van der Waals surface area contributed by atoms with E-state index in [9.17, 15) is 12.8 Å². The second kappa shape index (κ2) is 5.77. The molecule has 116 valence electrons. The lowest BCUT2D eigenvalue weighted by Crippen LogP contribution is -2.17. The molecule has 0 saturated carbocycles. The number of hydrogen-bond donors (Lipinski definition) is 1. The van der Waals surface area contributed by atoms with Gasteiger partial charge in [0.1, 0.15) is 19.0 Å². The van der Waals surface area contributed by atoms with E-state index in [4.69, 9.17) is 9.47 Å². The van der Waals surface area contributed by atoms with Crippen LogP contribution in [0.5, 0.6) is 11.5 Å². The van der Waals surface area contributed by atoms with E-state index in [0.717, 1.165) is 0 Å². The quantitative estimate of drug-likeness (QED) is 0.878. The lowest BCUT2D eigenvalue weighted by Gasteiger charge is -2.19. The summed E-state index contributed by atoms with van der Waals surface area (Å²) in [5.41, 5.74) is -0.127. The number of sulfonamides is 1. The van der Waals surface area contributed by atoms with Crippen LogP contribution in [0.15, 0.2) is 45.8 Å². The van der Waals surface area contributed by atoms with Crippen LogP contribution in [0.3, 0.4) is 0 Å². The molecule has 5 nitrogen and oxygen atoms in total. The van der Waals surface area contributed by atoms with Crippen LogP contribution in [0.25, 0.3) is 0 Å². The van der Waals surface area contributed by atoms with Crippen LogP contribution in [0, 0.1) is 5.82 Å². The van der Waals surface area contributed by atoms with Crippen molar-refractivity contribution >= 4 is 31.6 Å². The van der Waals surface area contributed by atoms with Gasteiger partial charge in [-0.25, -0.2) is 12.8 Å². The van der Waals surface area contributed by atoms with E-state index in [2.05, 4.69) is 20.7 Å². The number of fused-ring (bicyclic) bond motifs is 1. The number of rotatable bonds is 3. The van der Waals surface area contributed by atoms with Gasteiger partial charge in [-0.1, -0.05) is 15.9 Å². The molecule has 2 aromatic carbocycles. The highest BCUT2D eigenvalue weighted by molar-refractivity contribution is 9.10. The Morgan fingerprint density at radius 1 is 1.05 bits per heavy atom. The van der Waals surface area contributed by atoms with E-state index in [1.165, 1.54) is 30.3 Å². The Labute approximate surface area is 135 Å².